The van der Waals surface area contributed by atoms with Gasteiger partial charge in [0.15, 0.2) is 0 Å². The Labute approximate surface area is 97.7 Å². The zero-order valence-electron chi connectivity index (χ0n) is 10.5. The van der Waals surface area contributed by atoms with Crippen LogP contribution < -0.4 is 5.32 Å². The van der Waals surface area contributed by atoms with Crippen LogP contribution in [0.2, 0.25) is 0 Å². The fourth-order valence-corrected chi connectivity index (χ4v) is 1.61. The molecule has 0 unspecified atom stereocenters. The first-order chi connectivity index (χ1) is 7.55. The molecule has 1 heterocycles. The van der Waals surface area contributed by atoms with Crippen molar-refractivity contribution in [3.8, 4) is 0 Å². The van der Waals surface area contributed by atoms with Gasteiger partial charge in [-0.2, -0.15) is 0 Å². The van der Waals surface area contributed by atoms with Crippen LogP contribution in [0.25, 0.3) is 0 Å². The van der Waals surface area contributed by atoms with Crippen molar-refractivity contribution in [1.29, 1.82) is 0 Å². The molecule has 0 bridgehead atoms. The van der Waals surface area contributed by atoms with E-state index in [4.69, 9.17) is 0 Å². The second-order valence-electron chi connectivity index (χ2n) is 5.59. The highest BCUT2D eigenvalue weighted by Gasteiger charge is 2.20. The van der Waals surface area contributed by atoms with Crippen molar-refractivity contribution in [1.82, 2.24) is 15.3 Å². The van der Waals surface area contributed by atoms with Gasteiger partial charge in [-0.25, -0.2) is 9.97 Å². The van der Waals surface area contributed by atoms with Gasteiger partial charge in [-0.15, -0.1) is 0 Å². The van der Waals surface area contributed by atoms with Crippen molar-refractivity contribution in [3.05, 3.63) is 23.8 Å². The second-order valence-corrected chi connectivity index (χ2v) is 5.59. The predicted molar refractivity (Wildman–Crippen MR) is 65.5 cm³/mol. The van der Waals surface area contributed by atoms with Crippen LogP contribution in [-0.4, -0.2) is 22.6 Å². The summed E-state index contributed by atoms with van der Waals surface area (Å²) in [6, 6.07) is 2.78. The maximum absolute atomic E-state index is 4.61. The third kappa shape index (κ3) is 3.27. The van der Waals surface area contributed by atoms with Gasteiger partial charge in [-0.3, -0.25) is 0 Å². The van der Waals surface area contributed by atoms with Crippen LogP contribution in [0.15, 0.2) is 12.3 Å². The Bertz CT molecular complexity index is 350. The summed E-state index contributed by atoms with van der Waals surface area (Å²) in [6.45, 7) is 7.54. The van der Waals surface area contributed by atoms with Gasteiger partial charge in [0.25, 0.3) is 0 Å². The van der Waals surface area contributed by atoms with E-state index < -0.39 is 0 Å². The van der Waals surface area contributed by atoms with Crippen LogP contribution in [0.5, 0.6) is 0 Å². The summed E-state index contributed by atoms with van der Waals surface area (Å²) in [5, 5.41) is 3.48. The molecule has 1 N–H and O–H groups in total. The lowest BCUT2D eigenvalue weighted by atomic mass is 9.92. The van der Waals surface area contributed by atoms with E-state index in [9.17, 15) is 0 Å². The van der Waals surface area contributed by atoms with E-state index in [2.05, 4.69) is 36.1 Å². The zero-order valence-corrected chi connectivity index (χ0v) is 10.5. The summed E-state index contributed by atoms with van der Waals surface area (Å²) in [5.41, 5.74) is 1.24. The smallest absolute Gasteiger partial charge is 0.129 e. The highest BCUT2D eigenvalue weighted by molar-refractivity contribution is 5.12. The first kappa shape index (κ1) is 11.5. The minimum Gasteiger partial charge on any atom is -0.314 e. The molecule has 0 spiro atoms. The minimum absolute atomic E-state index is 0.113. The fraction of sp³-hybridized carbons (Fsp3) is 0.692. The van der Waals surface area contributed by atoms with Crippen molar-refractivity contribution >= 4 is 0 Å². The van der Waals surface area contributed by atoms with Gasteiger partial charge in [-0.05, 0) is 18.9 Å². The van der Waals surface area contributed by atoms with Crippen molar-refractivity contribution in [3.63, 3.8) is 0 Å². The van der Waals surface area contributed by atoms with Gasteiger partial charge in [0.05, 0.1) is 0 Å². The first-order valence-corrected chi connectivity index (χ1v) is 6.11. The topological polar surface area (TPSA) is 37.8 Å². The molecule has 0 aromatic carbocycles. The van der Waals surface area contributed by atoms with Crippen LogP contribution in [0.4, 0.5) is 0 Å². The molecule has 1 aliphatic rings. The number of nitrogens with zero attached hydrogens (tertiary/aromatic N) is 2. The maximum Gasteiger partial charge on any atom is 0.129 e. The number of hydrogen-bond acceptors (Lipinski definition) is 3. The SMILES string of the molecule is CC(C)(C)c1ccnc(CCNC2CC2)n1. The number of aromatic nitrogens is 2. The van der Waals surface area contributed by atoms with Crippen LogP contribution >= 0.6 is 0 Å². The van der Waals surface area contributed by atoms with E-state index in [0.29, 0.717) is 0 Å². The molecule has 1 aliphatic carbocycles. The fourth-order valence-electron chi connectivity index (χ4n) is 1.61. The van der Waals surface area contributed by atoms with E-state index in [0.717, 1.165) is 30.5 Å². The van der Waals surface area contributed by atoms with Crippen LogP contribution in [0, 0.1) is 0 Å². The molecule has 0 aliphatic heterocycles. The lowest BCUT2D eigenvalue weighted by molar-refractivity contribution is 0.559. The summed E-state index contributed by atoms with van der Waals surface area (Å²) >= 11 is 0. The minimum atomic E-state index is 0.113. The van der Waals surface area contributed by atoms with Gasteiger partial charge in [0.2, 0.25) is 0 Å². The Morgan fingerprint density at radius 3 is 2.75 bits per heavy atom. The molecule has 3 nitrogen and oxygen atoms in total. The summed E-state index contributed by atoms with van der Waals surface area (Å²) < 4.78 is 0. The Hall–Kier alpha value is -0.960. The largest absolute Gasteiger partial charge is 0.314 e. The molecule has 1 aromatic rings. The van der Waals surface area contributed by atoms with Gasteiger partial charge in [0.1, 0.15) is 5.82 Å². The zero-order chi connectivity index (χ0) is 11.6. The molecule has 0 atom stereocenters. The molecular formula is C13H21N3. The van der Waals surface area contributed by atoms with Crippen molar-refractivity contribution < 1.29 is 0 Å². The quantitative estimate of drug-likeness (QED) is 0.842. The molecule has 1 fully saturated rings. The van der Waals surface area contributed by atoms with Crippen LogP contribution in [-0.2, 0) is 11.8 Å². The highest BCUT2D eigenvalue weighted by atomic mass is 15.0. The Morgan fingerprint density at radius 2 is 2.12 bits per heavy atom. The predicted octanol–water partition coefficient (Wildman–Crippen LogP) is 2.07. The van der Waals surface area contributed by atoms with E-state index >= 15 is 0 Å². The molecule has 1 saturated carbocycles. The first-order valence-electron chi connectivity index (χ1n) is 6.11. The van der Waals surface area contributed by atoms with Gasteiger partial charge < -0.3 is 5.32 Å². The molecular weight excluding hydrogens is 198 g/mol. The van der Waals surface area contributed by atoms with E-state index in [1.54, 1.807) is 0 Å². The van der Waals surface area contributed by atoms with Gasteiger partial charge >= 0.3 is 0 Å². The molecule has 3 heteroatoms. The summed E-state index contributed by atoms with van der Waals surface area (Å²) in [5.74, 6) is 0.959. The summed E-state index contributed by atoms with van der Waals surface area (Å²) in [4.78, 5) is 8.93. The highest BCUT2D eigenvalue weighted by Crippen LogP contribution is 2.20. The lowest BCUT2D eigenvalue weighted by Crippen LogP contribution is -2.21. The van der Waals surface area contributed by atoms with E-state index in [-0.39, 0.29) is 5.41 Å². The standard InChI is InChI=1S/C13H21N3/c1-13(2,3)11-6-8-15-12(16-11)7-9-14-10-4-5-10/h6,8,10,14H,4-5,7,9H2,1-3H3. The molecule has 16 heavy (non-hydrogen) atoms. The number of hydrogen-bond donors (Lipinski definition) is 1. The van der Waals surface area contributed by atoms with Crippen LogP contribution in [0.3, 0.4) is 0 Å². The molecule has 88 valence electrons. The second kappa shape index (κ2) is 4.50. The van der Waals surface area contributed by atoms with Crippen LogP contribution in [0.1, 0.15) is 45.1 Å². The monoisotopic (exact) mass is 219 g/mol. The number of rotatable bonds is 4. The van der Waals surface area contributed by atoms with Crippen molar-refractivity contribution in [2.45, 2.75) is 51.5 Å². The van der Waals surface area contributed by atoms with Gasteiger partial charge in [-0.1, -0.05) is 20.8 Å². The van der Waals surface area contributed by atoms with E-state index in [1.807, 2.05) is 12.3 Å². The van der Waals surface area contributed by atoms with E-state index in [1.165, 1.54) is 12.8 Å². The average molecular weight is 219 g/mol. The summed E-state index contributed by atoms with van der Waals surface area (Å²) in [6.07, 6.45) is 5.48. The molecule has 1 aromatic heterocycles. The van der Waals surface area contributed by atoms with Gasteiger partial charge in [0, 0.05) is 36.3 Å². The van der Waals surface area contributed by atoms with Crippen molar-refractivity contribution in [2.75, 3.05) is 6.54 Å². The summed E-state index contributed by atoms with van der Waals surface area (Å²) in [7, 11) is 0. The number of nitrogens with one attached hydrogen (secondary N) is 1. The molecule has 0 radical (unpaired) electrons. The molecule has 2 rings (SSSR count). The third-order valence-corrected chi connectivity index (χ3v) is 2.83. The third-order valence-electron chi connectivity index (χ3n) is 2.83. The molecule has 0 amide bonds. The normalized spacial score (nSPS) is 16.4. The van der Waals surface area contributed by atoms with Crippen molar-refractivity contribution in [2.24, 2.45) is 0 Å². The Balaban J connectivity index is 1.92. The lowest BCUT2D eigenvalue weighted by Gasteiger charge is -2.17. The molecule has 0 saturated heterocycles. The Morgan fingerprint density at radius 1 is 1.38 bits per heavy atom. The average Bonchev–Trinajstić information content (AvgIpc) is 3.01. The maximum atomic E-state index is 4.61. The Kier molecular flexibility index (Phi) is 3.24.